The molecular formula is C22H27N5O7S. The van der Waals surface area contributed by atoms with Crippen LogP contribution in [0.5, 0.6) is 0 Å². The van der Waals surface area contributed by atoms with E-state index in [0.29, 0.717) is 25.9 Å². The lowest BCUT2D eigenvalue weighted by atomic mass is 9.87. The molecule has 2 heterocycles. The molecule has 1 aromatic carbocycles. The molecule has 0 aliphatic carbocycles. The number of nitrogens with one attached hydrogen (secondary N) is 4. The Morgan fingerprint density at radius 2 is 1.83 bits per heavy atom. The number of aryl methyl sites for hydroxylation is 1. The number of sulfonamides is 1. The van der Waals surface area contributed by atoms with E-state index in [1.54, 1.807) is 12.1 Å². The molecule has 2 aromatic rings. The molecule has 12 nitrogen and oxygen atoms in total. The van der Waals surface area contributed by atoms with E-state index in [-0.39, 0.29) is 23.7 Å². The van der Waals surface area contributed by atoms with Crippen LogP contribution in [-0.4, -0.2) is 56.9 Å². The molecule has 3 rings (SSSR count). The summed E-state index contributed by atoms with van der Waals surface area (Å²) in [5.41, 5.74) is -0.247. The third-order valence-corrected chi connectivity index (χ3v) is 6.96. The molecule has 0 bridgehead atoms. The number of benzene rings is 1. The van der Waals surface area contributed by atoms with Gasteiger partial charge in [0.15, 0.2) is 0 Å². The van der Waals surface area contributed by atoms with Crippen molar-refractivity contribution in [3.05, 3.63) is 63.9 Å². The lowest BCUT2D eigenvalue weighted by Crippen LogP contribution is -2.63. The van der Waals surface area contributed by atoms with Gasteiger partial charge >= 0.3 is 5.88 Å². The van der Waals surface area contributed by atoms with E-state index in [2.05, 4.69) is 20.7 Å². The Balaban J connectivity index is 1.56. The van der Waals surface area contributed by atoms with Crippen molar-refractivity contribution < 1.29 is 27.3 Å². The maximum atomic E-state index is 13.0. The second kappa shape index (κ2) is 11.3. The lowest BCUT2D eigenvalue weighted by Gasteiger charge is -2.36. The minimum absolute atomic E-state index is 0.0264. The smallest absolute Gasteiger partial charge is 0.401 e. The number of nitrogens with zero attached hydrogens (tertiary/aromatic N) is 1. The van der Waals surface area contributed by atoms with Crippen molar-refractivity contribution in [2.75, 3.05) is 26.2 Å². The van der Waals surface area contributed by atoms with Gasteiger partial charge in [-0.25, -0.2) is 13.1 Å². The first-order valence-corrected chi connectivity index (χ1v) is 12.4. The summed E-state index contributed by atoms with van der Waals surface area (Å²) in [5.74, 6) is -1.32. The Morgan fingerprint density at radius 3 is 2.46 bits per heavy atom. The Bertz CT molecular complexity index is 1200. The van der Waals surface area contributed by atoms with Crippen molar-refractivity contribution in [2.45, 2.75) is 30.2 Å². The first-order valence-electron chi connectivity index (χ1n) is 10.9. The van der Waals surface area contributed by atoms with Crippen LogP contribution in [0.2, 0.25) is 0 Å². The van der Waals surface area contributed by atoms with Crippen molar-refractivity contribution >= 4 is 33.8 Å². The Morgan fingerprint density at radius 1 is 1.14 bits per heavy atom. The second-order valence-electron chi connectivity index (χ2n) is 8.05. The molecule has 35 heavy (non-hydrogen) atoms. The van der Waals surface area contributed by atoms with Crippen LogP contribution in [0.25, 0.3) is 6.08 Å². The summed E-state index contributed by atoms with van der Waals surface area (Å²) < 4.78 is 32.2. The molecule has 0 saturated carbocycles. The highest BCUT2D eigenvalue weighted by atomic mass is 32.2. The third kappa shape index (κ3) is 6.97. The molecule has 0 unspecified atom stereocenters. The molecule has 0 radical (unpaired) electrons. The lowest BCUT2D eigenvalue weighted by molar-refractivity contribution is -0.402. The average molecular weight is 506 g/mol. The predicted octanol–water partition coefficient (Wildman–Crippen LogP) is 0.843. The van der Waals surface area contributed by atoms with E-state index in [1.165, 1.54) is 30.3 Å². The van der Waals surface area contributed by atoms with Crippen LogP contribution in [0.4, 0.5) is 5.88 Å². The van der Waals surface area contributed by atoms with Crippen molar-refractivity contribution in [1.29, 1.82) is 0 Å². The standard InChI is InChI=1S/C22H27N5O7S/c1-16-2-6-18(7-3-16)35(32,33)25-15-14-24-21(29)22(10-12-23-13-11-22)26-19(28)8-4-17-5-9-20(34-17)27(30)31/h2-9,23,25H,10-15H2,1H3,(H,24,29)(H,26,28)/b8-4+. The number of rotatable bonds is 10. The van der Waals surface area contributed by atoms with E-state index in [4.69, 9.17) is 4.42 Å². The summed E-state index contributed by atoms with van der Waals surface area (Å²) in [4.78, 5) is 35.6. The first-order chi connectivity index (χ1) is 16.6. The number of furan rings is 1. The van der Waals surface area contributed by atoms with Crippen LogP contribution < -0.4 is 20.7 Å². The Hall–Kier alpha value is -3.55. The van der Waals surface area contributed by atoms with E-state index in [9.17, 15) is 28.1 Å². The van der Waals surface area contributed by atoms with Gasteiger partial charge in [0.2, 0.25) is 21.8 Å². The van der Waals surface area contributed by atoms with E-state index in [0.717, 1.165) is 11.6 Å². The summed E-state index contributed by atoms with van der Waals surface area (Å²) in [6.07, 6.45) is 3.07. The fraction of sp³-hybridized carbons (Fsp3) is 0.364. The molecule has 4 N–H and O–H groups in total. The van der Waals surface area contributed by atoms with Gasteiger partial charge in [0.1, 0.15) is 16.2 Å². The topological polar surface area (TPSA) is 173 Å². The van der Waals surface area contributed by atoms with Crippen molar-refractivity contribution in [3.63, 3.8) is 0 Å². The van der Waals surface area contributed by atoms with Gasteiger partial charge in [0, 0.05) is 19.2 Å². The predicted molar refractivity (Wildman–Crippen MR) is 127 cm³/mol. The maximum Gasteiger partial charge on any atom is 0.433 e. The normalized spacial score (nSPS) is 15.6. The zero-order valence-corrected chi connectivity index (χ0v) is 19.9. The van der Waals surface area contributed by atoms with Gasteiger partial charge in [-0.05, 0) is 57.1 Å². The van der Waals surface area contributed by atoms with Crippen LogP contribution in [0.15, 0.2) is 51.8 Å². The fourth-order valence-corrected chi connectivity index (χ4v) is 4.59. The van der Waals surface area contributed by atoms with Gasteiger partial charge in [-0.1, -0.05) is 17.7 Å². The molecule has 0 atom stereocenters. The van der Waals surface area contributed by atoms with Crippen molar-refractivity contribution in [2.24, 2.45) is 0 Å². The van der Waals surface area contributed by atoms with Gasteiger partial charge in [0.25, 0.3) is 0 Å². The molecule has 1 saturated heterocycles. The van der Waals surface area contributed by atoms with E-state index in [1.807, 2.05) is 6.92 Å². The quantitative estimate of drug-likeness (QED) is 0.159. The van der Waals surface area contributed by atoms with Gasteiger partial charge in [0.05, 0.1) is 11.0 Å². The summed E-state index contributed by atoms with van der Waals surface area (Å²) in [5, 5.41) is 19.3. The summed E-state index contributed by atoms with van der Waals surface area (Å²) >= 11 is 0. The highest BCUT2D eigenvalue weighted by Gasteiger charge is 2.40. The van der Waals surface area contributed by atoms with Crippen LogP contribution in [0.3, 0.4) is 0 Å². The molecule has 13 heteroatoms. The average Bonchev–Trinajstić information content (AvgIpc) is 3.31. The number of hydrogen-bond donors (Lipinski definition) is 4. The molecule has 1 aliphatic heterocycles. The van der Waals surface area contributed by atoms with Gasteiger partial charge < -0.3 is 20.4 Å². The third-order valence-electron chi connectivity index (χ3n) is 5.48. The Kier molecular flexibility index (Phi) is 8.38. The van der Waals surface area contributed by atoms with Crippen LogP contribution in [0.1, 0.15) is 24.2 Å². The number of piperidine rings is 1. The van der Waals surface area contributed by atoms with E-state index >= 15 is 0 Å². The zero-order valence-electron chi connectivity index (χ0n) is 19.1. The second-order valence-corrected chi connectivity index (χ2v) is 9.82. The number of carbonyl (C=O) groups is 2. The van der Waals surface area contributed by atoms with Crippen molar-refractivity contribution in [3.8, 4) is 0 Å². The summed E-state index contributed by atoms with van der Waals surface area (Å²) in [6.45, 7) is 2.86. The van der Waals surface area contributed by atoms with E-state index < -0.39 is 38.2 Å². The SMILES string of the molecule is Cc1ccc(S(=O)(=O)NCCNC(=O)C2(NC(=O)/C=C/c3ccc([N+](=O)[O-])o3)CCNCC2)cc1. The molecule has 1 fully saturated rings. The van der Waals surface area contributed by atoms with Gasteiger partial charge in [-0.3, -0.25) is 19.7 Å². The highest BCUT2D eigenvalue weighted by Crippen LogP contribution is 2.20. The monoisotopic (exact) mass is 505 g/mol. The largest absolute Gasteiger partial charge is 0.433 e. The van der Waals surface area contributed by atoms with Gasteiger partial charge in [-0.15, -0.1) is 0 Å². The van der Waals surface area contributed by atoms with Gasteiger partial charge in [-0.2, -0.15) is 0 Å². The zero-order chi connectivity index (χ0) is 25.5. The van der Waals surface area contributed by atoms with Crippen LogP contribution in [0, 0.1) is 17.0 Å². The number of nitro groups is 1. The molecule has 188 valence electrons. The Labute approximate surface area is 202 Å². The fourth-order valence-electron chi connectivity index (χ4n) is 3.56. The highest BCUT2D eigenvalue weighted by molar-refractivity contribution is 7.89. The van der Waals surface area contributed by atoms with Crippen LogP contribution >= 0.6 is 0 Å². The molecule has 1 aliphatic rings. The van der Waals surface area contributed by atoms with Crippen molar-refractivity contribution in [1.82, 2.24) is 20.7 Å². The molecular weight excluding hydrogens is 478 g/mol. The maximum absolute atomic E-state index is 13.0. The van der Waals surface area contributed by atoms with Crippen LogP contribution in [-0.2, 0) is 19.6 Å². The number of hydrogen-bond acceptors (Lipinski definition) is 8. The molecule has 1 aromatic heterocycles. The minimum Gasteiger partial charge on any atom is -0.401 e. The number of carbonyl (C=O) groups excluding carboxylic acids is 2. The molecule has 2 amide bonds. The molecule has 0 spiro atoms. The summed E-state index contributed by atoms with van der Waals surface area (Å²) in [7, 11) is -3.71. The summed E-state index contributed by atoms with van der Waals surface area (Å²) in [6, 6.07) is 8.93. The minimum atomic E-state index is -3.71. The first kappa shape index (κ1) is 26.1. The number of amides is 2.